The highest BCUT2D eigenvalue weighted by molar-refractivity contribution is 5.85. The van der Waals surface area contributed by atoms with E-state index in [2.05, 4.69) is 5.32 Å². The quantitative estimate of drug-likeness (QED) is 0.648. The molecule has 19 heavy (non-hydrogen) atoms. The van der Waals surface area contributed by atoms with Crippen LogP contribution in [0.3, 0.4) is 0 Å². The molecule has 1 heterocycles. The first-order valence-electron chi connectivity index (χ1n) is 5.76. The van der Waals surface area contributed by atoms with E-state index in [1.54, 1.807) is 12.1 Å². The predicted octanol–water partition coefficient (Wildman–Crippen LogP) is 1.62. The topological polar surface area (TPSA) is 92.5 Å². The molecular formula is C12H15ClN2O4. The van der Waals surface area contributed by atoms with E-state index in [0.29, 0.717) is 13.0 Å². The van der Waals surface area contributed by atoms with Crippen LogP contribution in [-0.2, 0) is 11.2 Å². The van der Waals surface area contributed by atoms with Gasteiger partial charge in [0.05, 0.1) is 4.92 Å². The van der Waals surface area contributed by atoms with Crippen LogP contribution in [0.1, 0.15) is 12.0 Å². The number of carbonyl (C=O) groups is 1. The van der Waals surface area contributed by atoms with E-state index in [0.717, 1.165) is 12.0 Å². The predicted molar refractivity (Wildman–Crippen MR) is 71.6 cm³/mol. The molecule has 7 heteroatoms. The second kappa shape index (κ2) is 6.49. The van der Waals surface area contributed by atoms with Crippen molar-refractivity contribution in [2.24, 2.45) is 5.92 Å². The fraction of sp³-hybridized carbons (Fsp3) is 0.417. The first-order valence-corrected chi connectivity index (χ1v) is 5.76. The summed E-state index contributed by atoms with van der Waals surface area (Å²) in [4.78, 5) is 20.9. The number of benzene rings is 1. The molecule has 1 fully saturated rings. The normalized spacial score (nSPS) is 21.7. The molecule has 104 valence electrons. The van der Waals surface area contributed by atoms with Crippen LogP contribution >= 0.6 is 12.4 Å². The lowest BCUT2D eigenvalue weighted by molar-refractivity contribution is -0.384. The molecule has 1 aliphatic rings. The maximum absolute atomic E-state index is 10.8. The fourth-order valence-corrected chi connectivity index (χ4v) is 2.24. The van der Waals surface area contributed by atoms with E-state index in [-0.39, 0.29) is 24.0 Å². The SMILES string of the molecule is Cl.O=C(O)[C@@H]1C[C@@H](Cc2ccc([N+](=O)[O-])cc2)CN1. The van der Waals surface area contributed by atoms with E-state index in [1.165, 1.54) is 12.1 Å². The van der Waals surface area contributed by atoms with Crippen molar-refractivity contribution in [1.29, 1.82) is 0 Å². The van der Waals surface area contributed by atoms with Crippen molar-refractivity contribution in [3.05, 3.63) is 39.9 Å². The molecule has 0 aliphatic carbocycles. The van der Waals surface area contributed by atoms with Crippen LogP contribution in [0.5, 0.6) is 0 Å². The molecule has 0 unspecified atom stereocenters. The molecule has 0 amide bonds. The Morgan fingerprint density at radius 1 is 1.42 bits per heavy atom. The molecule has 2 N–H and O–H groups in total. The van der Waals surface area contributed by atoms with Crippen LogP contribution in [0.15, 0.2) is 24.3 Å². The van der Waals surface area contributed by atoms with E-state index in [9.17, 15) is 14.9 Å². The molecule has 1 aromatic rings. The van der Waals surface area contributed by atoms with Crippen molar-refractivity contribution in [2.45, 2.75) is 18.9 Å². The molecule has 1 aliphatic heterocycles. The van der Waals surface area contributed by atoms with Gasteiger partial charge in [0.25, 0.3) is 5.69 Å². The minimum Gasteiger partial charge on any atom is -0.480 e. The van der Waals surface area contributed by atoms with E-state index >= 15 is 0 Å². The Hall–Kier alpha value is -1.66. The highest BCUT2D eigenvalue weighted by Crippen LogP contribution is 2.21. The molecule has 0 radical (unpaired) electrons. The van der Waals surface area contributed by atoms with Crippen LogP contribution in [0.25, 0.3) is 0 Å². The molecule has 2 atom stereocenters. The van der Waals surface area contributed by atoms with Gasteiger partial charge >= 0.3 is 5.97 Å². The number of rotatable bonds is 4. The molecule has 1 saturated heterocycles. The minimum absolute atomic E-state index is 0. The van der Waals surface area contributed by atoms with Crippen molar-refractivity contribution >= 4 is 24.1 Å². The van der Waals surface area contributed by atoms with Crippen LogP contribution in [0.2, 0.25) is 0 Å². The van der Waals surface area contributed by atoms with Crippen molar-refractivity contribution in [3.63, 3.8) is 0 Å². The van der Waals surface area contributed by atoms with Gasteiger partial charge in [0.2, 0.25) is 0 Å². The van der Waals surface area contributed by atoms with Crippen molar-refractivity contribution < 1.29 is 14.8 Å². The Labute approximate surface area is 116 Å². The smallest absolute Gasteiger partial charge is 0.320 e. The van der Waals surface area contributed by atoms with E-state index in [4.69, 9.17) is 5.11 Å². The highest BCUT2D eigenvalue weighted by Gasteiger charge is 2.28. The molecule has 2 rings (SSSR count). The summed E-state index contributed by atoms with van der Waals surface area (Å²) in [5.74, 6) is -0.547. The summed E-state index contributed by atoms with van der Waals surface area (Å²) >= 11 is 0. The molecule has 1 aromatic carbocycles. The summed E-state index contributed by atoms with van der Waals surface area (Å²) in [6.07, 6.45) is 1.35. The number of non-ortho nitro benzene ring substituents is 1. The standard InChI is InChI=1S/C12H14N2O4.ClH/c15-12(16)11-6-9(7-13-11)5-8-1-3-10(4-2-8)14(17)18;/h1-4,9,11,13H,5-7H2,(H,15,16);1H/t9-,11+;/m1./s1. The number of nitrogens with zero attached hydrogens (tertiary/aromatic N) is 1. The molecule has 0 spiro atoms. The highest BCUT2D eigenvalue weighted by atomic mass is 35.5. The third-order valence-electron chi connectivity index (χ3n) is 3.19. The van der Waals surface area contributed by atoms with Gasteiger partial charge in [0, 0.05) is 12.1 Å². The zero-order valence-corrected chi connectivity index (χ0v) is 10.9. The summed E-state index contributed by atoms with van der Waals surface area (Å²) < 4.78 is 0. The number of carboxylic acid groups (broad SMARTS) is 1. The number of nitro groups is 1. The van der Waals surface area contributed by atoms with Crippen LogP contribution in [-0.4, -0.2) is 28.6 Å². The van der Waals surface area contributed by atoms with Crippen molar-refractivity contribution in [1.82, 2.24) is 5.32 Å². The van der Waals surface area contributed by atoms with Gasteiger partial charge in [-0.05, 0) is 30.9 Å². The summed E-state index contributed by atoms with van der Waals surface area (Å²) in [6, 6.07) is 5.95. The number of nitro benzene ring substituents is 1. The van der Waals surface area contributed by atoms with Crippen molar-refractivity contribution in [3.8, 4) is 0 Å². The van der Waals surface area contributed by atoms with Gasteiger partial charge in [0.1, 0.15) is 6.04 Å². The lowest BCUT2D eigenvalue weighted by Gasteiger charge is -2.08. The molecule has 0 bridgehead atoms. The monoisotopic (exact) mass is 286 g/mol. The van der Waals surface area contributed by atoms with Gasteiger partial charge in [-0.3, -0.25) is 14.9 Å². The average molecular weight is 287 g/mol. The van der Waals surface area contributed by atoms with Crippen LogP contribution in [0, 0.1) is 16.0 Å². The van der Waals surface area contributed by atoms with Gasteiger partial charge in [-0.2, -0.15) is 0 Å². The van der Waals surface area contributed by atoms with Crippen LogP contribution < -0.4 is 5.32 Å². The second-order valence-corrected chi connectivity index (χ2v) is 4.53. The maximum atomic E-state index is 10.8. The van der Waals surface area contributed by atoms with Gasteiger partial charge in [-0.1, -0.05) is 12.1 Å². The fourth-order valence-electron chi connectivity index (χ4n) is 2.24. The summed E-state index contributed by atoms with van der Waals surface area (Å²) in [5, 5.41) is 22.3. The number of carboxylic acids is 1. The van der Waals surface area contributed by atoms with Crippen molar-refractivity contribution in [2.75, 3.05) is 6.54 Å². The largest absolute Gasteiger partial charge is 0.480 e. The Bertz CT molecular complexity index is 463. The Kier molecular flexibility index (Phi) is 5.26. The van der Waals surface area contributed by atoms with Gasteiger partial charge < -0.3 is 10.4 Å². The minimum atomic E-state index is -0.818. The third kappa shape index (κ3) is 3.90. The van der Waals surface area contributed by atoms with E-state index in [1.807, 2.05) is 0 Å². The second-order valence-electron chi connectivity index (χ2n) is 4.53. The van der Waals surface area contributed by atoms with Gasteiger partial charge in [-0.15, -0.1) is 12.4 Å². The third-order valence-corrected chi connectivity index (χ3v) is 3.19. The number of halogens is 1. The number of hydrogen-bond donors (Lipinski definition) is 2. The number of aliphatic carboxylic acids is 1. The molecular weight excluding hydrogens is 272 g/mol. The summed E-state index contributed by atoms with van der Waals surface area (Å²) in [7, 11) is 0. The molecule has 0 saturated carbocycles. The maximum Gasteiger partial charge on any atom is 0.320 e. The number of nitrogens with one attached hydrogen (secondary N) is 1. The Morgan fingerprint density at radius 3 is 2.53 bits per heavy atom. The van der Waals surface area contributed by atoms with Gasteiger partial charge in [-0.25, -0.2) is 0 Å². The first-order chi connectivity index (χ1) is 8.56. The van der Waals surface area contributed by atoms with Gasteiger partial charge in [0.15, 0.2) is 0 Å². The first kappa shape index (κ1) is 15.4. The summed E-state index contributed by atoms with van der Waals surface area (Å²) in [6.45, 7) is 0.675. The zero-order chi connectivity index (χ0) is 13.1. The number of hydrogen-bond acceptors (Lipinski definition) is 4. The Morgan fingerprint density at radius 2 is 2.05 bits per heavy atom. The van der Waals surface area contributed by atoms with Crippen LogP contribution in [0.4, 0.5) is 5.69 Å². The Balaban J connectivity index is 0.00000180. The lowest BCUT2D eigenvalue weighted by atomic mass is 9.96. The summed E-state index contributed by atoms with van der Waals surface area (Å²) in [5.41, 5.74) is 1.07. The lowest BCUT2D eigenvalue weighted by Crippen LogP contribution is -2.29. The van der Waals surface area contributed by atoms with E-state index < -0.39 is 16.9 Å². The molecule has 0 aromatic heterocycles. The molecule has 6 nitrogen and oxygen atoms in total. The zero-order valence-electron chi connectivity index (χ0n) is 10.1. The average Bonchev–Trinajstić information content (AvgIpc) is 2.78.